The van der Waals surface area contributed by atoms with Gasteiger partial charge in [-0.3, -0.25) is 9.97 Å². The molecule has 24 heavy (non-hydrogen) atoms. The number of rotatable bonds is 3. The average molecular weight is 318 g/mol. The number of anilines is 1. The highest BCUT2D eigenvalue weighted by atomic mass is 15.0. The number of nitrogens with zero attached hydrogens (tertiary/aromatic N) is 2. The molecule has 0 radical (unpaired) electrons. The molecule has 0 amide bonds. The van der Waals surface area contributed by atoms with Crippen molar-refractivity contribution in [1.82, 2.24) is 15.3 Å². The number of hydrogen-bond donors (Lipinski definition) is 2. The number of benzene rings is 1. The van der Waals surface area contributed by atoms with Crippen LogP contribution >= 0.6 is 0 Å². The minimum absolute atomic E-state index is 0.514. The van der Waals surface area contributed by atoms with Crippen LogP contribution < -0.4 is 10.6 Å². The van der Waals surface area contributed by atoms with Crippen LogP contribution in [0.2, 0.25) is 0 Å². The molecule has 1 fully saturated rings. The summed E-state index contributed by atoms with van der Waals surface area (Å²) < 4.78 is 0. The summed E-state index contributed by atoms with van der Waals surface area (Å²) in [5.74, 6) is 0. The van der Waals surface area contributed by atoms with Gasteiger partial charge in [-0.05, 0) is 73.6 Å². The van der Waals surface area contributed by atoms with Crippen LogP contribution in [-0.4, -0.2) is 29.1 Å². The predicted octanol–water partition coefficient (Wildman–Crippen LogP) is 3.77. The molecule has 0 unspecified atom stereocenters. The number of pyridine rings is 2. The first-order valence-corrected chi connectivity index (χ1v) is 8.57. The Balaban J connectivity index is 1.78. The Morgan fingerprint density at radius 3 is 2.71 bits per heavy atom. The van der Waals surface area contributed by atoms with E-state index < -0.39 is 0 Å². The topological polar surface area (TPSA) is 49.8 Å². The molecule has 2 N–H and O–H groups in total. The maximum atomic E-state index is 4.34. The lowest BCUT2D eigenvalue weighted by atomic mass is 9.99. The minimum Gasteiger partial charge on any atom is -0.382 e. The maximum Gasteiger partial charge on any atom is 0.0443 e. The quantitative estimate of drug-likeness (QED) is 0.772. The van der Waals surface area contributed by atoms with Crippen molar-refractivity contribution in [2.45, 2.75) is 25.8 Å². The molecule has 3 heterocycles. The molecule has 0 spiro atoms. The fourth-order valence-electron chi connectivity index (χ4n) is 3.38. The normalized spacial score (nSPS) is 15.5. The van der Waals surface area contributed by atoms with Gasteiger partial charge in [-0.15, -0.1) is 0 Å². The first kappa shape index (κ1) is 15.1. The molecule has 2 aromatic heterocycles. The second-order valence-electron chi connectivity index (χ2n) is 6.54. The van der Waals surface area contributed by atoms with E-state index in [4.69, 9.17) is 0 Å². The van der Waals surface area contributed by atoms with Gasteiger partial charge in [0.2, 0.25) is 0 Å². The summed E-state index contributed by atoms with van der Waals surface area (Å²) >= 11 is 0. The molecule has 0 aliphatic carbocycles. The van der Waals surface area contributed by atoms with E-state index in [1.165, 1.54) is 27.6 Å². The van der Waals surface area contributed by atoms with Gasteiger partial charge in [0.1, 0.15) is 0 Å². The van der Waals surface area contributed by atoms with Crippen LogP contribution in [0.15, 0.2) is 49.1 Å². The maximum absolute atomic E-state index is 4.34. The molecule has 0 atom stereocenters. The highest BCUT2D eigenvalue weighted by molar-refractivity contribution is 5.97. The Hall–Kier alpha value is -2.46. The van der Waals surface area contributed by atoms with Crippen molar-refractivity contribution in [3.63, 3.8) is 0 Å². The number of aryl methyl sites for hydroxylation is 1. The highest BCUT2D eigenvalue weighted by Gasteiger charge is 2.15. The number of piperidine rings is 1. The van der Waals surface area contributed by atoms with Crippen molar-refractivity contribution >= 4 is 16.5 Å². The molecule has 1 aliphatic heterocycles. The number of aromatic nitrogens is 2. The summed E-state index contributed by atoms with van der Waals surface area (Å²) in [6.07, 6.45) is 9.94. The molecular formula is C20H22N4. The van der Waals surface area contributed by atoms with Crippen LogP contribution in [0, 0.1) is 6.92 Å². The van der Waals surface area contributed by atoms with Crippen LogP contribution in [0.3, 0.4) is 0 Å². The fraction of sp³-hybridized carbons (Fsp3) is 0.300. The third-order valence-electron chi connectivity index (χ3n) is 4.66. The van der Waals surface area contributed by atoms with Crippen LogP contribution in [0.25, 0.3) is 21.9 Å². The van der Waals surface area contributed by atoms with E-state index in [-0.39, 0.29) is 0 Å². The zero-order valence-electron chi connectivity index (χ0n) is 13.9. The molecule has 4 nitrogen and oxygen atoms in total. The Bertz CT molecular complexity index is 853. The van der Waals surface area contributed by atoms with Gasteiger partial charge in [-0.25, -0.2) is 0 Å². The van der Waals surface area contributed by atoms with Crippen LogP contribution in [0.1, 0.15) is 18.4 Å². The van der Waals surface area contributed by atoms with Gasteiger partial charge in [0, 0.05) is 47.5 Å². The predicted molar refractivity (Wildman–Crippen MR) is 99.2 cm³/mol. The van der Waals surface area contributed by atoms with Gasteiger partial charge in [-0.1, -0.05) is 0 Å². The van der Waals surface area contributed by atoms with Gasteiger partial charge in [-0.2, -0.15) is 0 Å². The largest absolute Gasteiger partial charge is 0.382 e. The number of hydrogen-bond acceptors (Lipinski definition) is 4. The van der Waals surface area contributed by atoms with Gasteiger partial charge < -0.3 is 10.6 Å². The molecule has 122 valence electrons. The molecule has 4 heteroatoms. The van der Waals surface area contributed by atoms with Crippen molar-refractivity contribution in [1.29, 1.82) is 0 Å². The highest BCUT2D eigenvalue weighted by Crippen LogP contribution is 2.31. The van der Waals surface area contributed by atoms with E-state index in [2.05, 4.69) is 51.8 Å². The molecule has 0 saturated carbocycles. The Morgan fingerprint density at radius 2 is 1.88 bits per heavy atom. The van der Waals surface area contributed by atoms with E-state index in [1.807, 2.05) is 24.8 Å². The molecule has 1 aromatic carbocycles. The summed E-state index contributed by atoms with van der Waals surface area (Å²) in [7, 11) is 0. The second kappa shape index (κ2) is 6.57. The molecule has 1 aliphatic rings. The van der Waals surface area contributed by atoms with Crippen molar-refractivity contribution < 1.29 is 0 Å². The lowest BCUT2D eigenvalue weighted by Crippen LogP contribution is -2.35. The first-order chi connectivity index (χ1) is 11.8. The zero-order valence-corrected chi connectivity index (χ0v) is 13.9. The number of fused-ring (bicyclic) bond motifs is 1. The summed E-state index contributed by atoms with van der Waals surface area (Å²) in [4.78, 5) is 8.66. The Labute approximate surface area is 142 Å². The summed E-state index contributed by atoms with van der Waals surface area (Å²) in [5.41, 5.74) is 4.70. The van der Waals surface area contributed by atoms with Gasteiger partial charge in [0.05, 0.1) is 0 Å². The average Bonchev–Trinajstić information content (AvgIpc) is 2.62. The molecule has 3 aromatic rings. The van der Waals surface area contributed by atoms with E-state index in [9.17, 15) is 0 Å². The monoisotopic (exact) mass is 318 g/mol. The lowest BCUT2D eigenvalue weighted by Gasteiger charge is -2.25. The van der Waals surface area contributed by atoms with Crippen LogP contribution in [0.5, 0.6) is 0 Å². The first-order valence-electron chi connectivity index (χ1n) is 8.57. The van der Waals surface area contributed by atoms with Gasteiger partial charge >= 0.3 is 0 Å². The van der Waals surface area contributed by atoms with Crippen molar-refractivity contribution in [3.05, 3.63) is 54.6 Å². The number of nitrogens with one attached hydrogen (secondary N) is 2. The zero-order chi connectivity index (χ0) is 16.4. The smallest absolute Gasteiger partial charge is 0.0443 e. The molecule has 0 bridgehead atoms. The SMILES string of the molecule is Cc1cncc(-c2cc(NC3CCNCC3)c3cnccc3c2)c1. The van der Waals surface area contributed by atoms with E-state index in [0.717, 1.165) is 31.5 Å². The Kier molecular flexibility index (Phi) is 4.13. The minimum atomic E-state index is 0.514. The van der Waals surface area contributed by atoms with E-state index in [0.29, 0.717) is 6.04 Å². The summed E-state index contributed by atoms with van der Waals surface area (Å²) in [6.45, 7) is 4.24. The van der Waals surface area contributed by atoms with Crippen LogP contribution in [-0.2, 0) is 0 Å². The van der Waals surface area contributed by atoms with Gasteiger partial charge in [0.15, 0.2) is 0 Å². The third-order valence-corrected chi connectivity index (χ3v) is 4.66. The van der Waals surface area contributed by atoms with E-state index in [1.54, 1.807) is 0 Å². The Morgan fingerprint density at radius 1 is 1.00 bits per heavy atom. The molecule has 1 saturated heterocycles. The van der Waals surface area contributed by atoms with Crippen molar-refractivity contribution in [2.75, 3.05) is 18.4 Å². The van der Waals surface area contributed by atoms with Crippen molar-refractivity contribution in [3.8, 4) is 11.1 Å². The summed E-state index contributed by atoms with van der Waals surface area (Å²) in [6, 6.07) is 9.24. The van der Waals surface area contributed by atoms with E-state index >= 15 is 0 Å². The molecular weight excluding hydrogens is 296 g/mol. The summed E-state index contributed by atoms with van der Waals surface area (Å²) in [5, 5.41) is 9.56. The fourth-order valence-corrected chi connectivity index (χ4v) is 3.38. The van der Waals surface area contributed by atoms with Gasteiger partial charge in [0.25, 0.3) is 0 Å². The van der Waals surface area contributed by atoms with Crippen molar-refractivity contribution in [2.24, 2.45) is 0 Å². The molecule has 4 rings (SSSR count). The van der Waals surface area contributed by atoms with Crippen LogP contribution in [0.4, 0.5) is 5.69 Å². The third kappa shape index (κ3) is 3.10. The lowest BCUT2D eigenvalue weighted by molar-refractivity contribution is 0.479. The second-order valence-corrected chi connectivity index (χ2v) is 6.54. The standard InChI is InChI=1S/C20H22N4/c1-14-8-17(12-23-11-14)16-9-15-2-5-22-13-19(15)20(10-16)24-18-3-6-21-7-4-18/h2,5,8-13,18,21,24H,3-4,6-7H2,1H3.